The van der Waals surface area contributed by atoms with Gasteiger partial charge >= 0.3 is 0 Å². The molecule has 7 atom stereocenters. The summed E-state index contributed by atoms with van der Waals surface area (Å²) in [4.78, 5) is 24.9. The summed E-state index contributed by atoms with van der Waals surface area (Å²) < 4.78 is 0. The minimum absolute atomic E-state index is 0.220. The molecule has 2 nitrogen and oxygen atoms in total. The van der Waals surface area contributed by atoms with E-state index in [1.54, 1.807) is 0 Å². The molecule has 0 radical (unpaired) electrons. The van der Waals surface area contributed by atoms with Gasteiger partial charge < -0.3 is 0 Å². The third kappa shape index (κ3) is 1.57. The fraction of sp³-hybridized carbons (Fsp3) is 0.778. The summed E-state index contributed by atoms with van der Waals surface area (Å²) in [7, 11) is 0. The van der Waals surface area contributed by atoms with Crippen LogP contribution in [-0.4, -0.2) is 11.6 Å². The van der Waals surface area contributed by atoms with Crippen molar-refractivity contribution in [3.8, 4) is 0 Å². The summed E-state index contributed by atoms with van der Waals surface area (Å²) in [6, 6.07) is 0. The summed E-state index contributed by atoms with van der Waals surface area (Å²) in [5.74, 6) is 3.84. The molecule has 0 heterocycles. The molecule has 2 heteroatoms. The Morgan fingerprint density at radius 2 is 1.75 bits per heavy atom. The van der Waals surface area contributed by atoms with Gasteiger partial charge in [-0.3, -0.25) is 9.59 Å². The van der Waals surface area contributed by atoms with Crippen molar-refractivity contribution in [2.75, 3.05) is 0 Å². The lowest BCUT2D eigenvalue weighted by Crippen LogP contribution is -2.54. The summed E-state index contributed by atoms with van der Waals surface area (Å²) in [5.41, 5.74) is 1.51. The minimum atomic E-state index is 0.220. The second-order valence-corrected chi connectivity index (χ2v) is 7.67. The third-order valence-corrected chi connectivity index (χ3v) is 6.78. The topological polar surface area (TPSA) is 34.1 Å². The summed E-state index contributed by atoms with van der Waals surface area (Å²) in [6.45, 7) is 4.37. The molecule has 3 fully saturated rings. The molecular weight excluding hydrogens is 248 g/mol. The molecule has 4 aliphatic carbocycles. The van der Waals surface area contributed by atoms with Crippen molar-refractivity contribution in [2.24, 2.45) is 41.4 Å². The van der Waals surface area contributed by atoms with Gasteiger partial charge in [-0.15, -0.1) is 0 Å². The molecule has 0 aliphatic heterocycles. The van der Waals surface area contributed by atoms with Gasteiger partial charge in [0.15, 0.2) is 0 Å². The van der Waals surface area contributed by atoms with E-state index in [9.17, 15) is 9.59 Å². The Morgan fingerprint density at radius 3 is 2.55 bits per heavy atom. The second kappa shape index (κ2) is 4.29. The number of hydrogen-bond acceptors (Lipinski definition) is 2. The van der Waals surface area contributed by atoms with E-state index in [-0.39, 0.29) is 17.8 Å². The van der Waals surface area contributed by atoms with Crippen LogP contribution < -0.4 is 0 Å². The Balaban J connectivity index is 1.80. The summed E-state index contributed by atoms with van der Waals surface area (Å²) in [5, 5.41) is 0. The molecule has 0 bridgehead atoms. The van der Waals surface area contributed by atoms with Crippen molar-refractivity contribution in [2.45, 2.75) is 46.0 Å². The van der Waals surface area contributed by atoms with Crippen molar-refractivity contribution in [3.05, 3.63) is 11.6 Å². The van der Waals surface area contributed by atoms with Crippen molar-refractivity contribution < 1.29 is 9.59 Å². The van der Waals surface area contributed by atoms with Crippen LogP contribution in [0.1, 0.15) is 46.0 Å². The first-order valence-corrected chi connectivity index (χ1v) is 8.32. The Labute approximate surface area is 121 Å². The van der Waals surface area contributed by atoms with Crippen LogP contribution in [-0.2, 0) is 9.59 Å². The average Bonchev–Trinajstić information content (AvgIpc) is 2.43. The van der Waals surface area contributed by atoms with Crippen LogP contribution in [0.3, 0.4) is 0 Å². The SMILES string of the molecule is CC1=C[C@H]2C[C@@H](C)C(=O)[C@H]3CC[C@@H]4C(=O)CC[C@H]1[C@H]4[C@@H]32. The average molecular weight is 272 g/mol. The molecular formula is C18H24O2. The zero-order chi connectivity index (χ0) is 14.0. The van der Waals surface area contributed by atoms with E-state index in [0.29, 0.717) is 35.2 Å². The number of allylic oxidation sites excluding steroid dienone is 2. The number of rotatable bonds is 0. The van der Waals surface area contributed by atoms with Crippen molar-refractivity contribution >= 4 is 11.6 Å². The van der Waals surface area contributed by atoms with E-state index >= 15 is 0 Å². The third-order valence-electron chi connectivity index (χ3n) is 6.78. The van der Waals surface area contributed by atoms with Gasteiger partial charge in [-0.05, 0) is 56.3 Å². The molecule has 0 amide bonds. The number of carbonyl (C=O) groups excluding carboxylic acids is 2. The smallest absolute Gasteiger partial charge is 0.139 e. The van der Waals surface area contributed by atoms with Gasteiger partial charge in [-0.25, -0.2) is 0 Å². The monoisotopic (exact) mass is 272 g/mol. The molecule has 0 N–H and O–H groups in total. The summed E-state index contributed by atoms with van der Waals surface area (Å²) in [6.07, 6.45) is 7.23. The molecule has 0 aromatic carbocycles. The zero-order valence-corrected chi connectivity index (χ0v) is 12.5. The fourth-order valence-electron chi connectivity index (χ4n) is 6.01. The molecule has 0 spiro atoms. The number of carbonyl (C=O) groups is 2. The second-order valence-electron chi connectivity index (χ2n) is 7.67. The van der Waals surface area contributed by atoms with Crippen LogP contribution in [0.15, 0.2) is 11.6 Å². The van der Waals surface area contributed by atoms with Gasteiger partial charge in [-0.2, -0.15) is 0 Å². The van der Waals surface area contributed by atoms with Crippen LogP contribution in [0.4, 0.5) is 0 Å². The lowest BCUT2D eigenvalue weighted by Gasteiger charge is -2.56. The van der Waals surface area contributed by atoms with Crippen LogP contribution >= 0.6 is 0 Å². The number of Topliss-reactive ketones (excluding diaryl/α,β-unsaturated/α-hetero) is 2. The highest BCUT2D eigenvalue weighted by Crippen LogP contribution is 2.58. The number of ketones is 2. The summed E-state index contributed by atoms with van der Waals surface area (Å²) >= 11 is 0. The lowest BCUT2D eigenvalue weighted by molar-refractivity contribution is -0.148. The van der Waals surface area contributed by atoms with Gasteiger partial charge in [0.2, 0.25) is 0 Å². The molecule has 4 rings (SSSR count). The van der Waals surface area contributed by atoms with E-state index in [4.69, 9.17) is 0 Å². The highest BCUT2D eigenvalue weighted by Gasteiger charge is 2.56. The molecule has 0 aromatic rings. The zero-order valence-electron chi connectivity index (χ0n) is 12.5. The predicted molar refractivity (Wildman–Crippen MR) is 77.0 cm³/mol. The van der Waals surface area contributed by atoms with Gasteiger partial charge in [0, 0.05) is 24.2 Å². The van der Waals surface area contributed by atoms with E-state index in [1.165, 1.54) is 5.57 Å². The van der Waals surface area contributed by atoms with E-state index in [2.05, 4.69) is 19.9 Å². The van der Waals surface area contributed by atoms with Crippen molar-refractivity contribution in [1.29, 1.82) is 0 Å². The lowest BCUT2D eigenvalue weighted by atomic mass is 9.47. The molecule has 4 aliphatic rings. The number of hydrogen-bond donors (Lipinski definition) is 0. The Bertz CT molecular complexity index is 504. The molecule has 0 aromatic heterocycles. The molecule has 0 unspecified atom stereocenters. The minimum Gasteiger partial charge on any atom is -0.299 e. The highest BCUT2D eigenvalue weighted by molar-refractivity contribution is 5.86. The molecule has 3 saturated carbocycles. The quantitative estimate of drug-likeness (QED) is 0.633. The van der Waals surface area contributed by atoms with E-state index in [1.807, 2.05) is 0 Å². The standard InChI is InChI=1S/C18H24O2/c1-9-7-11-8-10(2)18(20)14-4-3-13-15(19)6-5-12(9)17(13)16(11)14/h7,10-14,16-17H,3-6,8H2,1-2H3/t10-,11+,12-,13-,14+,16-,17-/m1/s1. The Morgan fingerprint density at radius 1 is 1.00 bits per heavy atom. The maximum atomic E-state index is 12.6. The van der Waals surface area contributed by atoms with E-state index in [0.717, 1.165) is 32.1 Å². The molecule has 20 heavy (non-hydrogen) atoms. The van der Waals surface area contributed by atoms with Crippen molar-refractivity contribution in [1.82, 2.24) is 0 Å². The van der Waals surface area contributed by atoms with Crippen LogP contribution in [0, 0.1) is 41.4 Å². The predicted octanol–water partition coefficient (Wildman–Crippen LogP) is 3.41. The van der Waals surface area contributed by atoms with Gasteiger partial charge in [-0.1, -0.05) is 18.6 Å². The van der Waals surface area contributed by atoms with Crippen molar-refractivity contribution in [3.63, 3.8) is 0 Å². The highest BCUT2D eigenvalue weighted by atomic mass is 16.1. The van der Waals surface area contributed by atoms with Gasteiger partial charge in [0.25, 0.3) is 0 Å². The first-order valence-electron chi connectivity index (χ1n) is 8.32. The van der Waals surface area contributed by atoms with Crippen LogP contribution in [0.2, 0.25) is 0 Å². The van der Waals surface area contributed by atoms with Crippen LogP contribution in [0.5, 0.6) is 0 Å². The Kier molecular flexibility index (Phi) is 2.74. The first-order chi connectivity index (χ1) is 9.58. The maximum absolute atomic E-state index is 12.6. The van der Waals surface area contributed by atoms with E-state index < -0.39 is 0 Å². The Hall–Kier alpha value is -0.920. The first kappa shape index (κ1) is 12.8. The fourth-order valence-corrected chi connectivity index (χ4v) is 6.01. The molecule has 108 valence electrons. The molecule has 0 saturated heterocycles. The van der Waals surface area contributed by atoms with Gasteiger partial charge in [0.1, 0.15) is 11.6 Å². The van der Waals surface area contributed by atoms with Crippen LogP contribution in [0.25, 0.3) is 0 Å². The van der Waals surface area contributed by atoms with Gasteiger partial charge in [0.05, 0.1) is 0 Å². The largest absolute Gasteiger partial charge is 0.299 e. The normalized spacial score (nSPS) is 50.5. The maximum Gasteiger partial charge on any atom is 0.139 e.